The number of hydrogen-bond acceptors (Lipinski definition) is 5. The third-order valence-corrected chi connectivity index (χ3v) is 6.43. The summed E-state index contributed by atoms with van der Waals surface area (Å²) in [6.07, 6.45) is 2.88. The van der Waals surface area contributed by atoms with E-state index >= 15 is 0 Å². The highest BCUT2D eigenvalue weighted by molar-refractivity contribution is 7.15. The number of ether oxygens (including phenoxy) is 2. The summed E-state index contributed by atoms with van der Waals surface area (Å²) in [4.78, 5) is 18.2. The van der Waals surface area contributed by atoms with Crippen molar-refractivity contribution in [3.8, 4) is 11.5 Å². The van der Waals surface area contributed by atoms with Gasteiger partial charge in [0.25, 0.3) is 5.56 Å². The molecule has 0 spiro atoms. The molecule has 0 fully saturated rings. The van der Waals surface area contributed by atoms with Gasteiger partial charge in [-0.15, -0.1) is 0 Å². The Kier molecular flexibility index (Phi) is 5.84. The van der Waals surface area contributed by atoms with Crippen LogP contribution in [0.15, 0.2) is 71.5 Å². The summed E-state index contributed by atoms with van der Waals surface area (Å²) in [6, 6.07) is 21.7. The maximum Gasteiger partial charge on any atom is 0.274 e. The van der Waals surface area contributed by atoms with Gasteiger partial charge >= 0.3 is 0 Å². The van der Waals surface area contributed by atoms with Crippen LogP contribution in [0.25, 0.3) is 22.1 Å². The van der Waals surface area contributed by atoms with E-state index in [-0.39, 0.29) is 5.56 Å². The largest absolute Gasteiger partial charge is 0.490 e. The Morgan fingerprint density at radius 1 is 0.970 bits per heavy atom. The Balaban J connectivity index is 1.24. The maximum atomic E-state index is 12.9. The molecule has 0 atom stereocenters. The van der Waals surface area contributed by atoms with Gasteiger partial charge in [-0.25, -0.2) is 9.38 Å². The number of thiazole rings is 1. The Morgan fingerprint density at radius 3 is 2.52 bits per heavy atom. The molecule has 5 nitrogen and oxygen atoms in total. The number of aromatic nitrogens is 2. The number of imidazole rings is 1. The molecule has 5 aromatic rings. The van der Waals surface area contributed by atoms with Gasteiger partial charge in [0.1, 0.15) is 24.7 Å². The van der Waals surface area contributed by atoms with E-state index in [9.17, 15) is 4.79 Å². The van der Waals surface area contributed by atoms with Crippen molar-refractivity contribution in [2.45, 2.75) is 20.3 Å². The van der Waals surface area contributed by atoms with Crippen molar-refractivity contribution in [3.05, 3.63) is 98.3 Å². The second kappa shape index (κ2) is 9.08. The molecule has 0 N–H and O–H groups in total. The van der Waals surface area contributed by atoms with Gasteiger partial charge in [-0.1, -0.05) is 48.6 Å². The van der Waals surface area contributed by atoms with Crippen LogP contribution < -0.4 is 19.6 Å². The molecular formula is C27H24N2O3S. The van der Waals surface area contributed by atoms with Gasteiger partial charge in [-0.2, -0.15) is 0 Å². The first-order valence-electron chi connectivity index (χ1n) is 11.0. The molecule has 2 aromatic heterocycles. The lowest BCUT2D eigenvalue weighted by Gasteiger charge is -2.10. The van der Waals surface area contributed by atoms with Crippen LogP contribution in [0.2, 0.25) is 0 Å². The van der Waals surface area contributed by atoms with Crippen molar-refractivity contribution in [1.82, 2.24) is 9.38 Å². The minimum atomic E-state index is -0.0384. The zero-order valence-electron chi connectivity index (χ0n) is 18.6. The first-order chi connectivity index (χ1) is 16.1. The molecule has 0 radical (unpaired) electrons. The van der Waals surface area contributed by atoms with E-state index in [1.54, 1.807) is 4.40 Å². The highest BCUT2D eigenvalue weighted by atomic mass is 32.1. The summed E-state index contributed by atoms with van der Waals surface area (Å²) < 4.78 is 14.0. The number of nitrogens with zero attached hydrogens (tertiary/aromatic N) is 2. The summed E-state index contributed by atoms with van der Waals surface area (Å²) in [7, 11) is 0. The summed E-state index contributed by atoms with van der Waals surface area (Å²) in [6.45, 7) is 5.15. The highest BCUT2D eigenvalue weighted by Gasteiger charge is 2.10. The normalized spacial score (nSPS) is 12.0. The van der Waals surface area contributed by atoms with Crippen LogP contribution >= 0.6 is 11.3 Å². The average molecular weight is 457 g/mol. The quantitative estimate of drug-likeness (QED) is 0.331. The van der Waals surface area contributed by atoms with E-state index in [0.29, 0.717) is 22.7 Å². The van der Waals surface area contributed by atoms with E-state index in [1.807, 2.05) is 60.7 Å². The Hall–Kier alpha value is -3.64. The van der Waals surface area contributed by atoms with Gasteiger partial charge in [0.05, 0.1) is 15.6 Å². The minimum Gasteiger partial charge on any atom is -0.490 e. The molecule has 33 heavy (non-hydrogen) atoms. The monoisotopic (exact) mass is 456 g/mol. The van der Waals surface area contributed by atoms with Gasteiger partial charge in [0, 0.05) is 0 Å². The Labute approximate surface area is 195 Å². The number of benzene rings is 3. The molecule has 166 valence electrons. The first kappa shape index (κ1) is 21.2. The third kappa shape index (κ3) is 4.47. The van der Waals surface area contributed by atoms with Crippen LogP contribution in [0.4, 0.5) is 0 Å². The molecule has 0 aliphatic rings. The van der Waals surface area contributed by atoms with E-state index in [0.717, 1.165) is 34.5 Å². The predicted molar refractivity (Wildman–Crippen MR) is 134 cm³/mol. The maximum absolute atomic E-state index is 12.9. The molecule has 0 aliphatic carbocycles. The molecule has 0 saturated carbocycles. The molecule has 0 aliphatic heterocycles. The Bertz CT molecular complexity index is 1530. The predicted octanol–water partition coefficient (Wildman–Crippen LogP) is 4.79. The lowest BCUT2D eigenvalue weighted by molar-refractivity contribution is 0.217. The fourth-order valence-electron chi connectivity index (χ4n) is 3.85. The first-order valence-corrected chi connectivity index (χ1v) is 11.8. The highest BCUT2D eigenvalue weighted by Crippen LogP contribution is 2.18. The van der Waals surface area contributed by atoms with Crippen molar-refractivity contribution in [2.24, 2.45) is 0 Å². The van der Waals surface area contributed by atoms with Crippen LogP contribution in [-0.2, 0) is 6.42 Å². The molecule has 3 aromatic carbocycles. The van der Waals surface area contributed by atoms with Crippen LogP contribution in [0.1, 0.15) is 23.6 Å². The molecule has 0 unspecified atom stereocenters. The second-order valence-corrected chi connectivity index (χ2v) is 8.92. The summed E-state index contributed by atoms with van der Waals surface area (Å²) in [5, 5.41) is 0. The van der Waals surface area contributed by atoms with Crippen molar-refractivity contribution in [2.75, 3.05) is 13.2 Å². The molecular weight excluding hydrogens is 432 g/mol. The van der Waals surface area contributed by atoms with Gasteiger partial charge in [-0.05, 0) is 72.5 Å². The number of fused-ring (bicyclic) bond motifs is 3. The molecule has 0 amide bonds. The van der Waals surface area contributed by atoms with Gasteiger partial charge < -0.3 is 9.47 Å². The van der Waals surface area contributed by atoms with Crippen LogP contribution in [-0.4, -0.2) is 22.6 Å². The van der Waals surface area contributed by atoms with Gasteiger partial charge in [0.15, 0.2) is 4.96 Å². The SMILES string of the molecule is CCc1cc(C)cc(OCCOc2ccc(C=c3sc4nc5ccccc5n4c3=O)cc2)c1. The fourth-order valence-corrected chi connectivity index (χ4v) is 4.84. The second-order valence-electron chi connectivity index (χ2n) is 7.91. The van der Waals surface area contributed by atoms with E-state index < -0.39 is 0 Å². The van der Waals surface area contributed by atoms with Crippen LogP contribution in [0, 0.1) is 6.92 Å². The zero-order valence-corrected chi connectivity index (χ0v) is 19.4. The van der Waals surface area contributed by atoms with E-state index in [1.165, 1.54) is 22.5 Å². The number of hydrogen-bond donors (Lipinski definition) is 0. The standard InChI is InChI=1S/C27H24N2O3S/c1-3-19-14-18(2)15-22(16-19)32-13-12-31-21-10-8-20(9-11-21)17-25-26(30)29-24-7-5-4-6-23(24)28-27(29)33-25/h4-11,14-17H,3,12-13H2,1-2H3. The van der Waals surface area contributed by atoms with Crippen molar-refractivity contribution < 1.29 is 9.47 Å². The number of rotatable bonds is 7. The molecule has 2 heterocycles. The number of para-hydroxylation sites is 2. The van der Waals surface area contributed by atoms with Crippen molar-refractivity contribution in [1.29, 1.82) is 0 Å². The summed E-state index contributed by atoms with van der Waals surface area (Å²) >= 11 is 1.40. The molecule has 0 bridgehead atoms. The summed E-state index contributed by atoms with van der Waals surface area (Å²) in [5.74, 6) is 1.65. The van der Waals surface area contributed by atoms with Gasteiger partial charge in [0.2, 0.25) is 0 Å². The van der Waals surface area contributed by atoms with Crippen molar-refractivity contribution >= 4 is 33.4 Å². The lowest BCUT2D eigenvalue weighted by atomic mass is 10.1. The third-order valence-electron chi connectivity index (χ3n) is 5.46. The van der Waals surface area contributed by atoms with Crippen molar-refractivity contribution in [3.63, 3.8) is 0 Å². The average Bonchev–Trinajstić information content (AvgIpc) is 3.33. The zero-order chi connectivity index (χ0) is 22.8. The van der Waals surface area contributed by atoms with E-state index in [4.69, 9.17) is 9.47 Å². The van der Waals surface area contributed by atoms with E-state index in [2.05, 4.69) is 31.0 Å². The van der Waals surface area contributed by atoms with Crippen LogP contribution in [0.3, 0.4) is 0 Å². The Morgan fingerprint density at radius 2 is 1.73 bits per heavy atom. The minimum absolute atomic E-state index is 0.0384. The van der Waals surface area contributed by atoms with Crippen LogP contribution in [0.5, 0.6) is 11.5 Å². The van der Waals surface area contributed by atoms with Gasteiger partial charge in [-0.3, -0.25) is 4.79 Å². The fraction of sp³-hybridized carbons (Fsp3) is 0.185. The topological polar surface area (TPSA) is 52.8 Å². The molecule has 6 heteroatoms. The molecule has 5 rings (SSSR count). The smallest absolute Gasteiger partial charge is 0.274 e. The number of aryl methyl sites for hydroxylation is 2. The summed E-state index contributed by atoms with van der Waals surface area (Å²) in [5.41, 5.74) is 5.05. The molecule has 0 saturated heterocycles. The lowest BCUT2D eigenvalue weighted by Crippen LogP contribution is -2.22.